The first-order valence-corrected chi connectivity index (χ1v) is 11.6. The van der Waals surface area contributed by atoms with Gasteiger partial charge in [-0.15, -0.1) is 11.3 Å². The quantitative estimate of drug-likeness (QED) is 0.445. The molecule has 3 aromatic rings. The molecular formula is C23H22F4N4O3S. The third kappa shape index (κ3) is 5.93. The Balaban J connectivity index is 1.58. The highest BCUT2D eigenvalue weighted by atomic mass is 32.1. The van der Waals surface area contributed by atoms with E-state index in [1.54, 1.807) is 6.20 Å². The molecule has 2 aromatic heterocycles. The molecule has 4 rings (SSSR count). The number of nitrogens with one attached hydrogen (secondary N) is 1. The maximum atomic E-state index is 15.5. The number of halogens is 4. The average Bonchev–Trinajstić information content (AvgIpc) is 3.49. The molecule has 1 saturated heterocycles. The number of hydrogen-bond acceptors (Lipinski definition) is 7. The van der Waals surface area contributed by atoms with Gasteiger partial charge in [-0.3, -0.25) is 4.79 Å². The fraction of sp³-hybridized carbons (Fsp3) is 0.391. The molecule has 35 heavy (non-hydrogen) atoms. The first kappa shape index (κ1) is 25.0. The van der Waals surface area contributed by atoms with Gasteiger partial charge in [-0.05, 0) is 38.8 Å². The van der Waals surface area contributed by atoms with Crippen LogP contribution in [-0.2, 0) is 10.9 Å². The third-order valence-electron chi connectivity index (χ3n) is 5.38. The SMILES string of the molecule is Cc1cnc(-c2cc(OC[C@H]3CCCO3)cc(C(=O)NC(C)c3cnc(C(F)(F)F)nc3)c2F)s1. The Kier molecular flexibility index (Phi) is 7.31. The van der Waals surface area contributed by atoms with Crippen LogP contribution in [0.2, 0.25) is 0 Å². The topological polar surface area (TPSA) is 86.2 Å². The van der Waals surface area contributed by atoms with Crippen LogP contribution in [0.25, 0.3) is 10.6 Å². The van der Waals surface area contributed by atoms with Crippen molar-refractivity contribution >= 4 is 17.2 Å². The maximum absolute atomic E-state index is 15.5. The van der Waals surface area contributed by atoms with E-state index in [9.17, 15) is 18.0 Å². The van der Waals surface area contributed by atoms with Crippen molar-refractivity contribution in [3.63, 3.8) is 0 Å². The van der Waals surface area contributed by atoms with E-state index in [1.807, 2.05) is 6.92 Å². The summed E-state index contributed by atoms with van der Waals surface area (Å²) in [4.78, 5) is 24.7. The molecule has 0 radical (unpaired) electrons. The van der Waals surface area contributed by atoms with Gasteiger partial charge in [0.1, 0.15) is 23.2 Å². The second kappa shape index (κ2) is 10.2. The summed E-state index contributed by atoms with van der Waals surface area (Å²) >= 11 is 1.27. The molecule has 0 saturated carbocycles. The molecule has 1 fully saturated rings. The van der Waals surface area contributed by atoms with Crippen LogP contribution < -0.4 is 10.1 Å². The normalized spacial score (nSPS) is 16.8. The Hall–Kier alpha value is -3.12. The molecule has 7 nitrogen and oxygen atoms in total. The van der Waals surface area contributed by atoms with Crippen LogP contribution >= 0.6 is 11.3 Å². The van der Waals surface area contributed by atoms with E-state index in [-0.39, 0.29) is 35.2 Å². The number of hydrogen-bond donors (Lipinski definition) is 1. The molecule has 12 heteroatoms. The van der Waals surface area contributed by atoms with Gasteiger partial charge in [0.25, 0.3) is 5.91 Å². The molecule has 0 aliphatic carbocycles. The smallest absolute Gasteiger partial charge is 0.451 e. The summed E-state index contributed by atoms with van der Waals surface area (Å²) < 4.78 is 65.0. The molecule has 1 aliphatic rings. The fourth-order valence-electron chi connectivity index (χ4n) is 3.51. The average molecular weight is 511 g/mol. The highest BCUT2D eigenvalue weighted by molar-refractivity contribution is 7.14. The molecule has 1 aromatic carbocycles. The Morgan fingerprint density at radius 2 is 2.00 bits per heavy atom. The number of ether oxygens (including phenoxy) is 2. The monoisotopic (exact) mass is 510 g/mol. The van der Waals surface area contributed by atoms with Crippen molar-refractivity contribution in [1.29, 1.82) is 0 Å². The fourth-order valence-corrected chi connectivity index (χ4v) is 4.29. The van der Waals surface area contributed by atoms with E-state index in [0.717, 1.165) is 30.1 Å². The minimum atomic E-state index is -4.68. The van der Waals surface area contributed by atoms with Crippen LogP contribution in [0.5, 0.6) is 5.75 Å². The van der Waals surface area contributed by atoms with Crippen molar-refractivity contribution < 1.29 is 31.8 Å². The molecule has 1 N–H and O–H groups in total. The van der Waals surface area contributed by atoms with E-state index >= 15 is 4.39 Å². The minimum Gasteiger partial charge on any atom is -0.491 e. The van der Waals surface area contributed by atoms with E-state index in [4.69, 9.17) is 9.47 Å². The van der Waals surface area contributed by atoms with Crippen molar-refractivity contribution in [3.8, 4) is 16.3 Å². The lowest BCUT2D eigenvalue weighted by molar-refractivity contribution is -0.145. The first-order valence-electron chi connectivity index (χ1n) is 10.8. The van der Waals surface area contributed by atoms with Crippen molar-refractivity contribution in [1.82, 2.24) is 20.3 Å². The number of thiazole rings is 1. The Morgan fingerprint density at radius 1 is 1.26 bits per heavy atom. The standard InChI is InChI=1S/C23H22F4N4O3S/c1-12-8-28-21(35-12)18-7-16(34-11-15-4-3-5-33-15)6-17(19(18)24)20(32)31-13(2)14-9-29-22(30-10-14)23(25,26)27/h6-10,13,15H,3-5,11H2,1-2H3,(H,31,32)/t13?,15-/m1/s1. The summed E-state index contributed by atoms with van der Waals surface area (Å²) in [5.41, 5.74) is 0.0642. The lowest BCUT2D eigenvalue weighted by Gasteiger charge is -2.17. The maximum Gasteiger partial charge on any atom is 0.451 e. The Morgan fingerprint density at radius 3 is 2.60 bits per heavy atom. The van der Waals surface area contributed by atoms with Gasteiger partial charge < -0.3 is 14.8 Å². The van der Waals surface area contributed by atoms with Gasteiger partial charge in [0.05, 0.1) is 23.3 Å². The number of benzene rings is 1. The largest absolute Gasteiger partial charge is 0.491 e. The van der Waals surface area contributed by atoms with Crippen molar-refractivity contribution in [2.24, 2.45) is 0 Å². The number of aryl methyl sites for hydroxylation is 1. The van der Waals surface area contributed by atoms with E-state index in [1.165, 1.54) is 30.4 Å². The van der Waals surface area contributed by atoms with Gasteiger partial charge in [0.15, 0.2) is 0 Å². The zero-order valence-electron chi connectivity index (χ0n) is 18.9. The van der Waals surface area contributed by atoms with Crippen LogP contribution in [0.3, 0.4) is 0 Å². The highest BCUT2D eigenvalue weighted by Gasteiger charge is 2.34. The number of amides is 1. The van der Waals surface area contributed by atoms with Gasteiger partial charge in [0, 0.05) is 35.6 Å². The molecular weight excluding hydrogens is 488 g/mol. The van der Waals surface area contributed by atoms with Crippen LogP contribution in [0.4, 0.5) is 17.6 Å². The predicted octanol–water partition coefficient (Wildman–Crippen LogP) is 5.12. The molecule has 3 heterocycles. The van der Waals surface area contributed by atoms with Crippen LogP contribution in [0.1, 0.15) is 52.4 Å². The zero-order chi connectivity index (χ0) is 25.2. The van der Waals surface area contributed by atoms with Gasteiger partial charge in [-0.1, -0.05) is 0 Å². The van der Waals surface area contributed by atoms with Crippen LogP contribution in [0, 0.1) is 12.7 Å². The second-order valence-corrected chi connectivity index (χ2v) is 9.32. The molecule has 1 unspecified atom stereocenters. The van der Waals surface area contributed by atoms with Gasteiger partial charge in [0.2, 0.25) is 5.82 Å². The number of carbonyl (C=O) groups is 1. The number of nitrogens with zero attached hydrogens (tertiary/aromatic N) is 3. The molecule has 2 atom stereocenters. The molecule has 186 valence electrons. The zero-order valence-corrected chi connectivity index (χ0v) is 19.7. The molecule has 1 amide bonds. The van der Waals surface area contributed by atoms with Gasteiger partial charge in [-0.2, -0.15) is 13.2 Å². The lowest BCUT2D eigenvalue weighted by Crippen LogP contribution is -2.28. The summed E-state index contributed by atoms with van der Waals surface area (Å²) in [6.45, 7) is 4.27. The Bertz CT molecular complexity index is 1190. The van der Waals surface area contributed by atoms with Crippen LogP contribution in [0.15, 0.2) is 30.7 Å². The second-order valence-electron chi connectivity index (χ2n) is 8.09. The number of alkyl halides is 3. The number of rotatable bonds is 7. The summed E-state index contributed by atoms with van der Waals surface area (Å²) in [5.74, 6) is -2.56. The predicted molar refractivity (Wildman–Crippen MR) is 120 cm³/mol. The Labute approximate surface area is 202 Å². The molecule has 0 bridgehead atoms. The summed E-state index contributed by atoms with van der Waals surface area (Å²) in [6, 6.07) is 2.00. The van der Waals surface area contributed by atoms with Gasteiger partial charge >= 0.3 is 6.18 Å². The van der Waals surface area contributed by atoms with Crippen molar-refractivity contribution in [3.05, 3.63) is 58.4 Å². The van der Waals surface area contributed by atoms with E-state index < -0.39 is 29.8 Å². The molecule has 0 spiro atoms. The van der Waals surface area contributed by atoms with Crippen molar-refractivity contribution in [2.45, 2.75) is 45.0 Å². The first-order chi connectivity index (χ1) is 16.6. The van der Waals surface area contributed by atoms with E-state index in [2.05, 4.69) is 20.3 Å². The lowest BCUT2D eigenvalue weighted by atomic mass is 10.1. The minimum absolute atomic E-state index is 0.0809. The molecule has 1 aliphatic heterocycles. The summed E-state index contributed by atoms with van der Waals surface area (Å²) in [6.07, 6.45) is 0.570. The summed E-state index contributed by atoms with van der Waals surface area (Å²) in [5, 5.41) is 2.97. The highest BCUT2D eigenvalue weighted by Crippen LogP contribution is 2.33. The third-order valence-corrected chi connectivity index (χ3v) is 6.32. The van der Waals surface area contributed by atoms with Crippen molar-refractivity contribution in [2.75, 3.05) is 13.2 Å². The van der Waals surface area contributed by atoms with E-state index in [0.29, 0.717) is 11.6 Å². The van der Waals surface area contributed by atoms with Crippen LogP contribution in [-0.4, -0.2) is 40.2 Å². The summed E-state index contributed by atoms with van der Waals surface area (Å²) in [7, 11) is 0. The number of carbonyl (C=O) groups excluding carboxylic acids is 1. The number of aromatic nitrogens is 3. The van der Waals surface area contributed by atoms with Gasteiger partial charge in [-0.25, -0.2) is 19.3 Å².